The van der Waals surface area contributed by atoms with Gasteiger partial charge in [-0.05, 0) is 32.2 Å². The van der Waals surface area contributed by atoms with Crippen molar-refractivity contribution in [3.05, 3.63) is 0 Å². The Morgan fingerprint density at radius 1 is 1.23 bits per heavy atom. The van der Waals surface area contributed by atoms with E-state index in [1.54, 1.807) is 0 Å². The topological polar surface area (TPSA) is 15.3 Å². The normalized spacial score (nSPS) is 31.2. The van der Waals surface area contributed by atoms with Gasteiger partial charge in [-0.15, -0.1) is 0 Å². The van der Waals surface area contributed by atoms with Gasteiger partial charge >= 0.3 is 0 Å². The lowest BCUT2D eigenvalue weighted by molar-refractivity contribution is 0.177. The van der Waals surface area contributed by atoms with Gasteiger partial charge in [0.05, 0.1) is 0 Å². The Morgan fingerprint density at radius 2 is 2.00 bits per heavy atom. The summed E-state index contributed by atoms with van der Waals surface area (Å²) in [5, 5.41) is 3.65. The zero-order chi connectivity index (χ0) is 9.26. The smallest absolute Gasteiger partial charge is 0.0197 e. The van der Waals surface area contributed by atoms with Crippen LogP contribution in [-0.4, -0.2) is 36.1 Å². The summed E-state index contributed by atoms with van der Waals surface area (Å²) in [6.45, 7) is 7.13. The van der Waals surface area contributed by atoms with E-state index >= 15 is 0 Å². The highest BCUT2D eigenvalue weighted by atomic mass is 15.2. The highest BCUT2D eigenvalue weighted by molar-refractivity contribution is 4.89. The molecule has 76 valence electrons. The molecule has 1 aliphatic heterocycles. The molecule has 2 fully saturated rings. The van der Waals surface area contributed by atoms with Crippen molar-refractivity contribution in [1.29, 1.82) is 0 Å². The van der Waals surface area contributed by atoms with E-state index in [4.69, 9.17) is 0 Å². The molecular formula is C11H22N2. The van der Waals surface area contributed by atoms with Gasteiger partial charge in [-0.3, -0.25) is 4.90 Å². The Kier molecular flexibility index (Phi) is 2.89. The quantitative estimate of drug-likeness (QED) is 0.713. The summed E-state index contributed by atoms with van der Waals surface area (Å²) in [6.07, 6.45) is 5.67. The summed E-state index contributed by atoms with van der Waals surface area (Å²) in [4.78, 5) is 2.68. The average Bonchev–Trinajstić information content (AvgIpc) is 2.85. The third-order valence-electron chi connectivity index (χ3n) is 3.09. The molecule has 1 aliphatic carbocycles. The van der Waals surface area contributed by atoms with Crippen molar-refractivity contribution < 1.29 is 0 Å². The van der Waals surface area contributed by atoms with Gasteiger partial charge in [0.1, 0.15) is 0 Å². The van der Waals surface area contributed by atoms with Gasteiger partial charge in [-0.2, -0.15) is 0 Å². The lowest BCUT2D eigenvalue weighted by Crippen LogP contribution is -2.48. The van der Waals surface area contributed by atoms with Gasteiger partial charge in [0.25, 0.3) is 0 Å². The predicted octanol–water partition coefficient (Wildman–Crippen LogP) is 1.61. The molecule has 2 heteroatoms. The lowest BCUT2D eigenvalue weighted by Gasteiger charge is -2.34. The van der Waals surface area contributed by atoms with Crippen molar-refractivity contribution in [1.82, 2.24) is 10.2 Å². The van der Waals surface area contributed by atoms with Gasteiger partial charge in [0.2, 0.25) is 0 Å². The molecule has 0 aromatic rings. The second kappa shape index (κ2) is 3.97. The standard InChI is InChI=1S/C11H22N2/c1-9(2)12-10-4-3-7-13(8-10)11-5-6-11/h9-12H,3-8H2,1-2H3. The number of hydrogen-bond donors (Lipinski definition) is 1. The Labute approximate surface area is 81.7 Å². The van der Waals surface area contributed by atoms with E-state index in [9.17, 15) is 0 Å². The van der Waals surface area contributed by atoms with Crippen molar-refractivity contribution in [2.45, 2.75) is 57.7 Å². The van der Waals surface area contributed by atoms with E-state index in [2.05, 4.69) is 24.1 Å². The average molecular weight is 182 g/mol. The van der Waals surface area contributed by atoms with E-state index in [-0.39, 0.29) is 0 Å². The van der Waals surface area contributed by atoms with E-state index in [1.165, 1.54) is 38.8 Å². The minimum absolute atomic E-state index is 0.643. The zero-order valence-corrected chi connectivity index (χ0v) is 8.92. The number of hydrogen-bond acceptors (Lipinski definition) is 2. The third-order valence-corrected chi connectivity index (χ3v) is 3.09. The van der Waals surface area contributed by atoms with Crippen molar-refractivity contribution in [2.75, 3.05) is 13.1 Å². The van der Waals surface area contributed by atoms with Crippen LogP contribution in [-0.2, 0) is 0 Å². The molecule has 1 unspecified atom stereocenters. The Balaban J connectivity index is 1.77. The highest BCUT2D eigenvalue weighted by Crippen LogP contribution is 2.29. The van der Waals surface area contributed by atoms with Gasteiger partial charge in [-0.25, -0.2) is 0 Å². The zero-order valence-electron chi connectivity index (χ0n) is 8.92. The van der Waals surface area contributed by atoms with Crippen LogP contribution >= 0.6 is 0 Å². The van der Waals surface area contributed by atoms with Gasteiger partial charge in [0.15, 0.2) is 0 Å². The number of piperidine rings is 1. The maximum atomic E-state index is 3.65. The van der Waals surface area contributed by atoms with Crippen LogP contribution in [0.25, 0.3) is 0 Å². The summed E-state index contributed by atoms with van der Waals surface area (Å²) < 4.78 is 0. The van der Waals surface area contributed by atoms with Crippen molar-refractivity contribution >= 4 is 0 Å². The van der Waals surface area contributed by atoms with Crippen LogP contribution in [0.15, 0.2) is 0 Å². The first kappa shape index (κ1) is 9.47. The summed E-state index contributed by atoms with van der Waals surface area (Å²) in [6, 6.07) is 2.36. The monoisotopic (exact) mass is 182 g/mol. The molecule has 1 heterocycles. The number of likely N-dealkylation sites (tertiary alicyclic amines) is 1. The first-order valence-corrected chi connectivity index (χ1v) is 5.76. The van der Waals surface area contributed by atoms with Crippen LogP contribution in [0, 0.1) is 0 Å². The van der Waals surface area contributed by atoms with Gasteiger partial charge in [-0.1, -0.05) is 13.8 Å². The fraction of sp³-hybridized carbons (Fsp3) is 1.00. The number of nitrogens with zero attached hydrogens (tertiary/aromatic N) is 1. The molecule has 0 bridgehead atoms. The van der Waals surface area contributed by atoms with Crippen molar-refractivity contribution in [3.63, 3.8) is 0 Å². The second-order valence-corrected chi connectivity index (χ2v) is 4.89. The largest absolute Gasteiger partial charge is 0.311 e. The molecule has 1 saturated carbocycles. The molecule has 2 nitrogen and oxygen atoms in total. The summed E-state index contributed by atoms with van der Waals surface area (Å²) in [5.74, 6) is 0. The second-order valence-electron chi connectivity index (χ2n) is 4.89. The van der Waals surface area contributed by atoms with Crippen LogP contribution in [0.5, 0.6) is 0 Å². The molecule has 13 heavy (non-hydrogen) atoms. The van der Waals surface area contributed by atoms with E-state index < -0.39 is 0 Å². The molecule has 0 aromatic heterocycles. The first-order chi connectivity index (χ1) is 6.25. The predicted molar refractivity (Wildman–Crippen MR) is 55.9 cm³/mol. The van der Waals surface area contributed by atoms with Crippen LogP contribution in [0.4, 0.5) is 0 Å². The van der Waals surface area contributed by atoms with Crippen LogP contribution in [0.2, 0.25) is 0 Å². The fourth-order valence-corrected chi connectivity index (χ4v) is 2.39. The van der Waals surface area contributed by atoms with Crippen LogP contribution < -0.4 is 5.32 Å². The summed E-state index contributed by atoms with van der Waals surface area (Å²) in [7, 11) is 0. The molecule has 1 saturated heterocycles. The summed E-state index contributed by atoms with van der Waals surface area (Å²) >= 11 is 0. The maximum Gasteiger partial charge on any atom is 0.0197 e. The fourth-order valence-electron chi connectivity index (χ4n) is 2.39. The molecular weight excluding hydrogens is 160 g/mol. The Bertz CT molecular complexity index is 163. The minimum Gasteiger partial charge on any atom is -0.311 e. The third kappa shape index (κ3) is 2.68. The maximum absolute atomic E-state index is 3.65. The first-order valence-electron chi connectivity index (χ1n) is 5.76. The number of nitrogens with one attached hydrogen (secondary N) is 1. The molecule has 2 aliphatic rings. The van der Waals surface area contributed by atoms with Crippen molar-refractivity contribution in [2.24, 2.45) is 0 Å². The Morgan fingerprint density at radius 3 is 2.62 bits per heavy atom. The molecule has 0 amide bonds. The Hall–Kier alpha value is -0.0800. The molecule has 0 radical (unpaired) electrons. The van der Waals surface area contributed by atoms with E-state index in [1.807, 2.05) is 0 Å². The lowest BCUT2D eigenvalue weighted by atomic mass is 10.0. The molecule has 0 aromatic carbocycles. The molecule has 2 rings (SSSR count). The molecule has 1 atom stereocenters. The SMILES string of the molecule is CC(C)NC1CCCN(C2CC2)C1. The number of rotatable bonds is 3. The van der Waals surface area contributed by atoms with Gasteiger partial charge < -0.3 is 5.32 Å². The van der Waals surface area contributed by atoms with Gasteiger partial charge in [0, 0.05) is 24.7 Å². The van der Waals surface area contributed by atoms with Crippen LogP contribution in [0.3, 0.4) is 0 Å². The van der Waals surface area contributed by atoms with E-state index in [0.29, 0.717) is 6.04 Å². The highest BCUT2D eigenvalue weighted by Gasteiger charge is 2.32. The summed E-state index contributed by atoms with van der Waals surface area (Å²) in [5.41, 5.74) is 0. The van der Waals surface area contributed by atoms with Crippen LogP contribution in [0.1, 0.15) is 39.5 Å². The van der Waals surface area contributed by atoms with Crippen molar-refractivity contribution in [3.8, 4) is 0 Å². The molecule has 1 N–H and O–H groups in total. The molecule has 0 spiro atoms. The minimum atomic E-state index is 0.643. The van der Waals surface area contributed by atoms with E-state index in [0.717, 1.165) is 12.1 Å².